The zero-order chi connectivity index (χ0) is 15.7. The average Bonchev–Trinajstić information content (AvgIpc) is 2.44. The van der Waals surface area contributed by atoms with E-state index in [9.17, 15) is 14.4 Å². The lowest BCUT2D eigenvalue weighted by molar-refractivity contribution is 0.0697. The lowest BCUT2D eigenvalue weighted by Gasteiger charge is -2.09. The topological polar surface area (TPSA) is 106 Å². The molecule has 0 fully saturated rings. The van der Waals surface area contributed by atoms with E-state index in [1.807, 2.05) is 0 Å². The number of carbonyl (C=O) groups is 1. The highest BCUT2D eigenvalue weighted by Gasteiger charge is 2.12. The van der Waals surface area contributed by atoms with Gasteiger partial charge >= 0.3 is 11.7 Å². The van der Waals surface area contributed by atoms with Crippen molar-refractivity contribution < 1.29 is 9.90 Å². The number of aromatic nitrogens is 3. The summed E-state index contributed by atoms with van der Waals surface area (Å²) in [6, 6.07) is 4.00. The molecule has 0 aliphatic rings. The quantitative estimate of drug-likeness (QED) is 0.858. The third-order valence-corrected chi connectivity index (χ3v) is 3.10. The van der Waals surface area contributed by atoms with Crippen LogP contribution in [0.1, 0.15) is 10.4 Å². The fourth-order valence-electron chi connectivity index (χ4n) is 1.65. The van der Waals surface area contributed by atoms with E-state index in [1.165, 1.54) is 32.3 Å². The summed E-state index contributed by atoms with van der Waals surface area (Å²) in [5.74, 6) is -1.20. The number of benzene rings is 1. The Kier molecular flexibility index (Phi) is 3.81. The zero-order valence-corrected chi connectivity index (χ0v) is 11.9. The van der Waals surface area contributed by atoms with Crippen LogP contribution in [0.2, 0.25) is 5.02 Å². The molecule has 0 aliphatic heterocycles. The van der Waals surface area contributed by atoms with Gasteiger partial charge in [-0.25, -0.2) is 14.3 Å². The first-order chi connectivity index (χ1) is 9.81. The van der Waals surface area contributed by atoms with Crippen molar-refractivity contribution in [1.29, 1.82) is 0 Å². The van der Waals surface area contributed by atoms with E-state index in [4.69, 9.17) is 16.7 Å². The van der Waals surface area contributed by atoms with Crippen LogP contribution < -0.4 is 16.6 Å². The summed E-state index contributed by atoms with van der Waals surface area (Å²) >= 11 is 5.96. The molecule has 0 unspecified atom stereocenters. The highest BCUT2D eigenvalue weighted by Crippen LogP contribution is 2.24. The third kappa shape index (κ3) is 2.79. The number of aromatic carboxylic acids is 1. The highest BCUT2D eigenvalue weighted by molar-refractivity contribution is 6.33. The summed E-state index contributed by atoms with van der Waals surface area (Å²) in [6.07, 6.45) is 0. The zero-order valence-electron chi connectivity index (χ0n) is 11.1. The Morgan fingerprint density at radius 2 is 2.00 bits per heavy atom. The first-order valence-electron chi connectivity index (χ1n) is 5.75. The molecule has 0 saturated carbocycles. The fourth-order valence-corrected chi connectivity index (χ4v) is 1.88. The van der Waals surface area contributed by atoms with Gasteiger partial charge in [-0.3, -0.25) is 9.36 Å². The number of rotatable bonds is 3. The molecule has 0 spiro atoms. The van der Waals surface area contributed by atoms with Gasteiger partial charge in [-0.15, -0.1) is 5.10 Å². The van der Waals surface area contributed by atoms with Gasteiger partial charge in [0.25, 0.3) is 5.56 Å². The monoisotopic (exact) mass is 310 g/mol. The van der Waals surface area contributed by atoms with E-state index in [-0.39, 0.29) is 16.4 Å². The number of nitrogens with one attached hydrogen (secondary N) is 1. The van der Waals surface area contributed by atoms with Crippen molar-refractivity contribution in [3.63, 3.8) is 0 Å². The predicted molar refractivity (Wildman–Crippen MR) is 76.4 cm³/mol. The smallest absolute Gasteiger partial charge is 0.346 e. The largest absolute Gasteiger partial charge is 0.478 e. The molecule has 1 heterocycles. The Hall–Kier alpha value is -2.61. The molecule has 0 aliphatic carbocycles. The highest BCUT2D eigenvalue weighted by atomic mass is 35.5. The maximum absolute atomic E-state index is 11.9. The lowest BCUT2D eigenvalue weighted by atomic mass is 10.2. The minimum Gasteiger partial charge on any atom is -0.478 e. The average molecular weight is 311 g/mol. The molecule has 8 nitrogen and oxygen atoms in total. The van der Waals surface area contributed by atoms with Gasteiger partial charge in [-0.2, -0.15) is 0 Å². The van der Waals surface area contributed by atoms with Gasteiger partial charge in [0.2, 0.25) is 5.82 Å². The van der Waals surface area contributed by atoms with Crippen LogP contribution in [0.4, 0.5) is 11.5 Å². The number of carboxylic acids is 1. The van der Waals surface area contributed by atoms with Crippen LogP contribution in [-0.2, 0) is 14.1 Å². The van der Waals surface area contributed by atoms with Crippen molar-refractivity contribution in [2.45, 2.75) is 0 Å². The molecular formula is C12H11ClN4O4. The molecule has 2 N–H and O–H groups in total. The molecule has 0 radical (unpaired) electrons. The van der Waals surface area contributed by atoms with Crippen LogP contribution in [0.3, 0.4) is 0 Å². The normalized spacial score (nSPS) is 10.4. The Morgan fingerprint density at radius 3 is 2.57 bits per heavy atom. The van der Waals surface area contributed by atoms with E-state index in [2.05, 4.69) is 10.4 Å². The SMILES string of the molecule is Cn1nc(Nc2ccc(C(=O)O)cc2Cl)c(=O)n(C)c1=O. The van der Waals surface area contributed by atoms with Crippen LogP contribution in [0.25, 0.3) is 0 Å². The maximum atomic E-state index is 11.9. The number of halogens is 1. The Bertz CT molecular complexity index is 840. The van der Waals surface area contributed by atoms with Gasteiger partial charge < -0.3 is 10.4 Å². The van der Waals surface area contributed by atoms with Crippen molar-refractivity contribution in [3.8, 4) is 0 Å². The van der Waals surface area contributed by atoms with Crippen molar-refractivity contribution >= 4 is 29.1 Å². The minimum atomic E-state index is -1.11. The number of carboxylic acid groups (broad SMARTS) is 1. The summed E-state index contributed by atoms with van der Waals surface area (Å²) in [5.41, 5.74) is -0.842. The summed E-state index contributed by atoms with van der Waals surface area (Å²) < 4.78 is 1.90. The molecule has 0 bridgehead atoms. The van der Waals surface area contributed by atoms with Gasteiger partial charge in [0.05, 0.1) is 16.3 Å². The standard InChI is InChI=1S/C12H11ClN4O4/c1-16-10(18)9(15-17(2)12(16)21)14-8-4-3-6(11(19)20)5-7(8)13/h3-5H,1-2H3,(H,14,15)(H,19,20). The van der Waals surface area contributed by atoms with Gasteiger partial charge in [-0.05, 0) is 18.2 Å². The number of aryl methyl sites for hydroxylation is 1. The number of hydrogen-bond donors (Lipinski definition) is 2. The Labute approximate surface area is 123 Å². The molecule has 1 aromatic heterocycles. The third-order valence-electron chi connectivity index (χ3n) is 2.79. The van der Waals surface area contributed by atoms with Crippen molar-refractivity contribution in [2.75, 3.05) is 5.32 Å². The van der Waals surface area contributed by atoms with Gasteiger partial charge in [-0.1, -0.05) is 11.6 Å². The van der Waals surface area contributed by atoms with E-state index < -0.39 is 17.2 Å². The first-order valence-corrected chi connectivity index (χ1v) is 6.13. The van der Waals surface area contributed by atoms with E-state index in [0.29, 0.717) is 5.69 Å². The van der Waals surface area contributed by atoms with Gasteiger partial charge in [0, 0.05) is 14.1 Å². The first kappa shape index (κ1) is 14.8. The lowest BCUT2D eigenvalue weighted by Crippen LogP contribution is -2.39. The Balaban J connectivity index is 2.46. The van der Waals surface area contributed by atoms with Crippen LogP contribution in [-0.4, -0.2) is 25.4 Å². The van der Waals surface area contributed by atoms with Crippen LogP contribution in [0.15, 0.2) is 27.8 Å². The summed E-state index contributed by atoms with van der Waals surface area (Å²) in [5, 5.41) is 15.5. The summed E-state index contributed by atoms with van der Waals surface area (Å²) in [7, 11) is 2.73. The molecule has 1 aromatic carbocycles. The summed E-state index contributed by atoms with van der Waals surface area (Å²) in [6.45, 7) is 0. The van der Waals surface area contributed by atoms with Crippen LogP contribution in [0, 0.1) is 0 Å². The molecule has 2 rings (SSSR count). The molecule has 2 aromatic rings. The second-order valence-corrected chi connectivity index (χ2v) is 4.65. The van der Waals surface area contributed by atoms with E-state index >= 15 is 0 Å². The van der Waals surface area contributed by atoms with Gasteiger partial charge in [0.15, 0.2) is 0 Å². The molecule has 0 atom stereocenters. The molecule has 0 amide bonds. The summed E-state index contributed by atoms with van der Waals surface area (Å²) in [4.78, 5) is 34.3. The van der Waals surface area contributed by atoms with Crippen LogP contribution >= 0.6 is 11.6 Å². The molecule has 0 saturated heterocycles. The molecule has 21 heavy (non-hydrogen) atoms. The number of anilines is 2. The minimum absolute atomic E-state index is 0.0203. The van der Waals surface area contributed by atoms with Crippen molar-refractivity contribution in [3.05, 3.63) is 49.6 Å². The van der Waals surface area contributed by atoms with Gasteiger partial charge in [0.1, 0.15) is 0 Å². The van der Waals surface area contributed by atoms with Crippen LogP contribution in [0.5, 0.6) is 0 Å². The predicted octanol–water partition coefficient (Wildman–Crippen LogP) is 0.574. The molecule has 110 valence electrons. The second kappa shape index (κ2) is 5.41. The molecule has 9 heteroatoms. The second-order valence-electron chi connectivity index (χ2n) is 4.24. The number of nitrogens with zero attached hydrogens (tertiary/aromatic N) is 3. The van der Waals surface area contributed by atoms with E-state index in [1.54, 1.807) is 0 Å². The maximum Gasteiger partial charge on any atom is 0.346 e. The van der Waals surface area contributed by atoms with E-state index in [0.717, 1.165) is 9.25 Å². The molecular weight excluding hydrogens is 300 g/mol. The Morgan fingerprint density at radius 1 is 1.33 bits per heavy atom. The number of hydrogen-bond acceptors (Lipinski definition) is 5. The fraction of sp³-hybridized carbons (Fsp3) is 0.167. The van der Waals surface area contributed by atoms with Crippen molar-refractivity contribution in [1.82, 2.24) is 14.3 Å². The van der Waals surface area contributed by atoms with Crippen molar-refractivity contribution in [2.24, 2.45) is 14.1 Å².